The summed E-state index contributed by atoms with van der Waals surface area (Å²) >= 11 is 6.22. The molecule has 30 heavy (non-hydrogen) atoms. The van der Waals surface area contributed by atoms with Crippen molar-refractivity contribution >= 4 is 33.2 Å². The van der Waals surface area contributed by atoms with Gasteiger partial charge in [0.2, 0.25) is 10.0 Å². The SMILES string of the molecule is O=C1COc2cc(S(=O)(=O)NCC(c3ccccc3)c3ccccc3)c(Cl)cc2N1. The number of carbonyl (C=O) groups excluding carboxylic acids is 1. The Morgan fingerprint density at radius 1 is 1.00 bits per heavy atom. The number of anilines is 1. The molecule has 0 saturated carbocycles. The maximum atomic E-state index is 13.0. The van der Waals surface area contributed by atoms with Gasteiger partial charge in [0.05, 0.1) is 10.7 Å². The molecule has 0 aromatic heterocycles. The van der Waals surface area contributed by atoms with Crippen LogP contribution in [0, 0.1) is 0 Å². The number of hydrogen-bond acceptors (Lipinski definition) is 4. The molecule has 6 nitrogen and oxygen atoms in total. The molecule has 0 unspecified atom stereocenters. The van der Waals surface area contributed by atoms with E-state index in [0.29, 0.717) is 5.69 Å². The molecular formula is C22H19ClN2O4S. The predicted molar refractivity (Wildman–Crippen MR) is 115 cm³/mol. The van der Waals surface area contributed by atoms with Gasteiger partial charge in [0.15, 0.2) is 6.61 Å². The Labute approximate surface area is 179 Å². The summed E-state index contributed by atoms with van der Waals surface area (Å²) in [6.45, 7) is -0.0208. The van der Waals surface area contributed by atoms with Gasteiger partial charge in [0, 0.05) is 18.5 Å². The van der Waals surface area contributed by atoms with Crippen LogP contribution < -0.4 is 14.8 Å². The molecule has 0 bridgehead atoms. The van der Waals surface area contributed by atoms with Gasteiger partial charge in [-0.15, -0.1) is 0 Å². The minimum absolute atomic E-state index is 0.00280. The number of carbonyl (C=O) groups is 1. The second-order valence-electron chi connectivity index (χ2n) is 6.84. The number of benzene rings is 3. The van der Waals surface area contributed by atoms with Crippen LogP contribution in [0.25, 0.3) is 0 Å². The Balaban J connectivity index is 1.62. The Bertz CT molecular complexity index is 1130. The highest BCUT2D eigenvalue weighted by molar-refractivity contribution is 7.89. The van der Waals surface area contributed by atoms with Crippen molar-refractivity contribution in [1.82, 2.24) is 4.72 Å². The summed E-state index contributed by atoms with van der Waals surface area (Å²) in [7, 11) is -3.92. The Morgan fingerprint density at radius 3 is 2.20 bits per heavy atom. The molecule has 1 aliphatic rings. The molecule has 0 aliphatic carbocycles. The quantitative estimate of drug-likeness (QED) is 0.608. The van der Waals surface area contributed by atoms with Gasteiger partial charge >= 0.3 is 0 Å². The van der Waals surface area contributed by atoms with E-state index in [1.54, 1.807) is 0 Å². The van der Waals surface area contributed by atoms with E-state index in [-0.39, 0.29) is 40.6 Å². The van der Waals surface area contributed by atoms with Crippen molar-refractivity contribution in [3.05, 3.63) is 88.9 Å². The highest BCUT2D eigenvalue weighted by Crippen LogP contribution is 2.35. The fraction of sp³-hybridized carbons (Fsp3) is 0.136. The zero-order valence-corrected chi connectivity index (χ0v) is 17.4. The van der Waals surface area contributed by atoms with Crippen molar-refractivity contribution in [2.75, 3.05) is 18.5 Å². The minimum atomic E-state index is -3.92. The van der Waals surface area contributed by atoms with Crippen LogP contribution in [0.1, 0.15) is 17.0 Å². The predicted octanol–water partition coefficient (Wildman–Crippen LogP) is 3.78. The van der Waals surface area contributed by atoms with Gasteiger partial charge in [0.25, 0.3) is 5.91 Å². The fourth-order valence-electron chi connectivity index (χ4n) is 3.36. The maximum absolute atomic E-state index is 13.0. The normalized spacial score (nSPS) is 13.5. The van der Waals surface area contributed by atoms with Crippen molar-refractivity contribution < 1.29 is 17.9 Å². The van der Waals surface area contributed by atoms with Crippen molar-refractivity contribution in [2.24, 2.45) is 0 Å². The third kappa shape index (κ3) is 4.33. The average Bonchev–Trinajstić information content (AvgIpc) is 2.74. The van der Waals surface area contributed by atoms with Crippen LogP contribution in [0.3, 0.4) is 0 Å². The first-order valence-electron chi connectivity index (χ1n) is 9.30. The second kappa shape index (κ2) is 8.47. The third-order valence-corrected chi connectivity index (χ3v) is 6.73. The van der Waals surface area contributed by atoms with Gasteiger partial charge in [-0.05, 0) is 17.2 Å². The van der Waals surface area contributed by atoms with Gasteiger partial charge in [-0.25, -0.2) is 13.1 Å². The van der Waals surface area contributed by atoms with Gasteiger partial charge in [-0.3, -0.25) is 4.79 Å². The maximum Gasteiger partial charge on any atom is 0.262 e. The van der Waals surface area contributed by atoms with Crippen LogP contribution in [-0.4, -0.2) is 27.5 Å². The Kier molecular flexibility index (Phi) is 5.76. The van der Waals surface area contributed by atoms with Crippen LogP contribution in [0.2, 0.25) is 5.02 Å². The number of ether oxygens (including phenoxy) is 1. The average molecular weight is 443 g/mol. The lowest BCUT2D eigenvalue weighted by Crippen LogP contribution is -2.30. The fourth-order valence-corrected chi connectivity index (χ4v) is 4.94. The largest absolute Gasteiger partial charge is 0.482 e. The van der Waals surface area contributed by atoms with Crippen LogP contribution in [0.4, 0.5) is 5.69 Å². The smallest absolute Gasteiger partial charge is 0.262 e. The van der Waals surface area contributed by atoms with E-state index in [1.165, 1.54) is 12.1 Å². The highest BCUT2D eigenvalue weighted by atomic mass is 35.5. The highest BCUT2D eigenvalue weighted by Gasteiger charge is 2.26. The Morgan fingerprint density at radius 2 is 1.60 bits per heavy atom. The van der Waals surface area contributed by atoms with E-state index in [0.717, 1.165) is 11.1 Å². The molecule has 1 heterocycles. The van der Waals surface area contributed by atoms with Crippen molar-refractivity contribution in [3.63, 3.8) is 0 Å². The molecule has 8 heteroatoms. The number of hydrogen-bond donors (Lipinski definition) is 2. The first-order valence-corrected chi connectivity index (χ1v) is 11.2. The van der Waals surface area contributed by atoms with Crippen molar-refractivity contribution in [3.8, 4) is 5.75 Å². The van der Waals surface area contributed by atoms with Crippen LogP contribution in [-0.2, 0) is 14.8 Å². The van der Waals surface area contributed by atoms with E-state index in [2.05, 4.69) is 10.0 Å². The lowest BCUT2D eigenvalue weighted by molar-refractivity contribution is -0.118. The molecular weight excluding hydrogens is 424 g/mol. The number of rotatable bonds is 6. The monoisotopic (exact) mass is 442 g/mol. The van der Waals surface area contributed by atoms with Crippen LogP contribution in [0.15, 0.2) is 77.7 Å². The zero-order chi connectivity index (χ0) is 21.1. The van der Waals surface area contributed by atoms with Crippen LogP contribution in [0.5, 0.6) is 5.75 Å². The molecule has 154 valence electrons. The van der Waals surface area contributed by atoms with E-state index < -0.39 is 10.0 Å². The second-order valence-corrected chi connectivity index (χ2v) is 8.98. The molecule has 0 spiro atoms. The van der Waals surface area contributed by atoms with Crippen LogP contribution >= 0.6 is 11.6 Å². The zero-order valence-electron chi connectivity index (χ0n) is 15.8. The summed E-state index contributed by atoms with van der Waals surface area (Å²) in [5, 5.41) is 2.61. The summed E-state index contributed by atoms with van der Waals surface area (Å²) in [6, 6.07) is 22.1. The number of sulfonamides is 1. The van der Waals surface area contributed by atoms with Gasteiger partial charge in [0.1, 0.15) is 10.6 Å². The molecule has 0 radical (unpaired) electrons. The third-order valence-electron chi connectivity index (χ3n) is 4.84. The Hall–Kier alpha value is -2.87. The summed E-state index contributed by atoms with van der Waals surface area (Å²) in [5.74, 6) is -0.225. The van der Waals surface area contributed by atoms with E-state index in [9.17, 15) is 13.2 Å². The summed E-state index contributed by atoms with van der Waals surface area (Å²) in [6.07, 6.45) is 0. The molecule has 3 aromatic carbocycles. The molecule has 0 saturated heterocycles. The number of fused-ring (bicyclic) bond motifs is 1. The van der Waals surface area contributed by atoms with E-state index in [1.807, 2.05) is 60.7 Å². The minimum Gasteiger partial charge on any atom is -0.482 e. The van der Waals surface area contributed by atoms with E-state index in [4.69, 9.17) is 16.3 Å². The van der Waals surface area contributed by atoms with Gasteiger partial charge in [-0.1, -0.05) is 72.3 Å². The topological polar surface area (TPSA) is 84.5 Å². The lowest BCUT2D eigenvalue weighted by atomic mass is 9.92. The molecule has 0 fully saturated rings. The van der Waals surface area contributed by atoms with Gasteiger partial charge < -0.3 is 10.1 Å². The molecule has 1 aliphatic heterocycles. The molecule has 0 atom stereocenters. The standard InChI is InChI=1S/C22H19ClN2O4S/c23-18-11-19-20(29-14-22(26)25-19)12-21(18)30(27,28)24-13-17(15-7-3-1-4-8-15)16-9-5-2-6-10-16/h1-12,17,24H,13-14H2,(H,25,26). The van der Waals surface area contributed by atoms with Crippen molar-refractivity contribution in [1.29, 1.82) is 0 Å². The van der Waals surface area contributed by atoms with Gasteiger partial charge in [-0.2, -0.15) is 0 Å². The number of halogens is 1. The summed E-state index contributed by atoms with van der Waals surface area (Å²) < 4.78 is 34.1. The summed E-state index contributed by atoms with van der Waals surface area (Å²) in [5.41, 5.74) is 2.34. The first-order chi connectivity index (χ1) is 14.4. The first kappa shape index (κ1) is 20.4. The summed E-state index contributed by atoms with van der Waals surface area (Å²) in [4.78, 5) is 11.4. The molecule has 2 N–H and O–H groups in total. The number of amides is 1. The van der Waals surface area contributed by atoms with E-state index >= 15 is 0 Å². The lowest BCUT2D eigenvalue weighted by Gasteiger charge is -2.21. The molecule has 1 amide bonds. The number of nitrogens with one attached hydrogen (secondary N) is 2. The van der Waals surface area contributed by atoms with Crippen molar-refractivity contribution in [2.45, 2.75) is 10.8 Å². The molecule has 3 aromatic rings. The molecule has 4 rings (SSSR count).